The van der Waals surface area contributed by atoms with Crippen molar-refractivity contribution in [2.24, 2.45) is 5.92 Å². The number of ether oxygens (including phenoxy) is 1. The highest BCUT2D eigenvalue weighted by atomic mass is 16.5. The maximum Gasteiger partial charge on any atom is 0.315 e. The predicted molar refractivity (Wildman–Crippen MR) is 97.6 cm³/mol. The predicted octanol–water partition coefficient (Wildman–Crippen LogP) is 4.13. The molecule has 2 aromatic rings. The largest absolute Gasteiger partial charge is 0.497 e. The average molecular weight is 336 g/mol. The van der Waals surface area contributed by atoms with Crippen LogP contribution in [0.4, 0.5) is 4.79 Å². The molecule has 2 amide bonds. The van der Waals surface area contributed by atoms with Gasteiger partial charge in [-0.15, -0.1) is 0 Å². The van der Waals surface area contributed by atoms with Crippen LogP contribution in [0.15, 0.2) is 48.5 Å². The highest BCUT2D eigenvalue weighted by Crippen LogP contribution is 2.41. The second-order valence-corrected chi connectivity index (χ2v) is 7.00. The van der Waals surface area contributed by atoms with E-state index in [1.54, 1.807) is 7.11 Å². The Labute approximate surface area is 148 Å². The molecule has 4 heteroatoms. The van der Waals surface area contributed by atoms with E-state index in [-0.39, 0.29) is 18.1 Å². The van der Waals surface area contributed by atoms with Crippen LogP contribution in [-0.4, -0.2) is 13.1 Å². The van der Waals surface area contributed by atoms with E-state index >= 15 is 0 Å². The molecule has 1 saturated carbocycles. The van der Waals surface area contributed by atoms with Gasteiger partial charge in [-0.3, -0.25) is 0 Å². The summed E-state index contributed by atoms with van der Waals surface area (Å²) in [7, 11) is 1.67. The fourth-order valence-corrected chi connectivity index (χ4v) is 3.76. The lowest BCUT2D eigenvalue weighted by Gasteiger charge is -2.22. The summed E-state index contributed by atoms with van der Waals surface area (Å²) in [5, 5.41) is 6.37. The maximum absolute atomic E-state index is 12.6. The quantitative estimate of drug-likeness (QED) is 0.862. The number of fused-ring (bicyclic) bond motifs is 1. The molecule has 2 unspecified atom stereocenters. The second kappa shape index (κ2) is 6.79. The van der Waals surface area contributed by atoms with Crippen molar-refractivity contribution in [3.05, 3.63) is 65.2 Å². The molecule has 4 nitrogen and oxygen atoms in total. The molecule has 1 fully saturated rings. The second-order valence-electron chi connectivity index (χ2n) is 7.00. The Morgan fingerprint density at radius 1 is 1.08 bits per heavy atom. The van der Waals surface area contributed by atoms with E-state index in [9.17, 15) is 4.79 Å². The Morgan fingerprint density at radius 2 is 1.84 bits per heavy atom. The molecule has 0 spiro atoms. The van der Waals surface area contributed by atoms with Gasteiger partial charge in [-0.05, 0) is 60.4 Å². The lowest BCUT2D eigenvalue weighted by molar-refractivity contribution is 0.231. The van der Waals surface area contributed by atoms with Gasteiger partial charge in [0.1, 0.15) is 5.75 Å². The molecule has 2 aromatic carbocycles. The first-order valence-corrected chi connectivity index (χ1v) is 9.03. The van der Waals surface area contributed by atoms with E-state index in [0.29, 0.717) is 5.92 Å². The highest BCUT2D eigenvalue weighted by molar-refractivity contribution is 5.75. The van der Waals surface area contributed by atoms with Crippen molar-refractivity contribution < 1.29 is 9.53 Å². The zero-order valence-electron chi connectivity index (χ0n) is 14.5. The van der Waals surface area contributed by atoms with E-state index in [0.717, 1.165) is 24.2 Å². The molecule has 25 heavy (non-hydrogen) atoms. The van der Waals surface area contributed by atoms with Gasteiger partial charge in [0.25, 0.3) is 0 Å². The number of amides is 2. The first kappa shape index (κ1) is 16.0. The van der Waals surface area contributed by atoms with Crippen LogP contribution in [0.2, 0.25) is 0 Å². The molecule has 2 aliphatic rings. The highest BCUT2D eigenvalue weighted by Gasteiger charge is 2.34. The molecule has 0 bridgehead atoms. The third kappa shape index (κ3) is 3.48. The van der Waals surface area contributed by atoms with Crippen molar-refractivity contribution in [1.82, 2.24) is 10.6 Å². The molecular weight excluding hydrogens is 312 g/mol. The Hall–Kier alpha value is -2.49. The number of carbonyl (C=O) groups is 1. The van der Waals surface area contributed by atoms with Gasteiger partial charge in [-0.25, -0.2) is 4.79 Å². The molecule has 0 radical (unpaired) electrons. The number of hydrogen-bond donors (Lipinski definition) is 2. The number of nitrogens with one attached hydrogen (secondary N) is 2. The lowest BCUT2D eigenvalue weighted by Crippen LogP contribution is -2.40. The van der Waals surface area contributed by atoms with E-state index < -0.39 is 0 Å². The van der Waals surface area contributed by atoms with E-state index in [2.05, 4.69) is 28.8 Å². The van der Waals surface area contributed by atoms with Gasteiger partial charge in [0.2, 0.25) is 0 Å². The van der Waals surface area contributed by atoms with E-state index in [4.69, 9.17) is 4.74 Å². The molecule has 4 rings (SSSR count). The standard InChI is InChI=1S/C21H24N2O2/c1-25-17-11-8-16(9-12-17)20(15-6-7-15)23-21(24)22-19-13-10-14-4-2-3-5-18(14)19/h2-5,8-9,11-12,15,19-20H,6-7,10,13H2,1H3,(H2,22,23,24). The first-order chi connectivity index (χ1) is 12.2. The smallest absolute Gasteiger partial charge is 0.315 e. The summed E-state index contributed by atoms with van der Waals surface area (Å²) < 4.78 is 5.23. The molecule has 130 valence electrons. The fraction of sp³-hybridized carbons (Fsp3) is 0.381. The summed E-state index contributed by atoms with van der Waals surface area (Å²) in [6.07, 6.45) is 4.35. The molecule has 2 aliphatic carbocycles. The number of carbonyl (C=O) groups excluding carboxylic acids is 1. The van der Waals surface area contributed by atoms with Gasteiger partial charge >= 0.3 is 6.03 Å². The van der Waals surface area contributed by atoms with Crippen LogP contribution >= 0.6 is 0 Å². The summed E-state index contributed by atoms with van der Waals surface area (Å²) in [6.45, 7) is 0. The van der Waals surface area contributed by atoms with Crippen LogP contribution in [0.5, 0.6) is 5.75 Å². The summed E-state index contributed by atoms with van der Waals surface area (Å²) in [5.41, 5.74) is 3.75. The number of methoxy groups -OCH3 is 1. The van der Waals surface area contributed by atoms with Crippen LogP contribution in [-0.2, 0) is 6.42 Å². The van der Waals surface area contributed by atoms with E-state index in [1.165, 1.54) is 24.0 Å². The van der Waals surface area contributed by atoms with Crippen molar-refractivity contribution >= 4 is 6.03 Å². The monoisotopic (exact) mass is 336 g/mol. The number of rotatable bonds is 5. The van der Waals surface area contributed by atoms with Crippen LogP contribution in [0.1, 0.15) is 48.0 Å². The van der Waals surface area contributed by atoms with Crippen molar-refractivity contribution in [1.29, 1.82) is 0 Å². The minimum atomic E-state index is -0.0746. The molecular formula is C21H24N2O2. The first-order valence-electron chi connectivity index (χ1n) is 9.03. The molecule has 0 heterocycles. The van der Waals surface area contributed by atoms with Gasteiger partial charge in [0.15, 0.2) is 0 Å². The Balaban J connectivity index is 1.43. The third-order valence-electron chi connectivity index (χ3n) is 5.29. The van der Waals surface area contributed by atoms with Crippen LogP contribution < -0.4 is 15.4 Å². The van der Waals surface area contributed by atoms with Crippen LogP contribution in [0, 0.1) is 5.92 Å². The van der Waals surface area contributed by atoms with Crippen LogP contribution in [0.25, 0.3) is 0 Å². The summed E-state index contributed by atoms with van der Waals surface area (Å²) >= 11 is 0. The molecule has 2 atom stereocenters. The Morgan fingerprint density at radius 3 is 2.56 bits per heavy atom. The normalized spacial score (nSPS) is 19.8. The maximum atomic E-state index is 12.6. The SMILES string of the molecule is COc1ccc(C(NC(=O)NC2CCc3ccccc32)C2CC2)cc1. The van der Waals surface area contributed by atoms with Crippen molar-refractivity contribution in [2.75, 3.05) is 7.11 Å². The van der Waals surface area contributed by atoms with Crippen molar-refractivity contribution in [3.8, 4) is 5.75 Å². The van der Waals surface area contributed by atoms with Crippen LogP contribution in [0.3, 0.4) is 0 Å². The molecule has 0 aliphatic heterocycles. The zero-order valence-corrected chi connectivity index (χ0v) is 14.5. The Kier molecular flexibility index (Phi) is 4.35. The van der Waals surface area contributed by atoms with Gasteiger partial charge in [-0.1, -0.05) is 36.4 Å². The summed E-state index contributed by atoms with van der Waals surface area (Å²) in [6, 6.07) is 16.5. The minimum absolute atomic E-state index is 0.0718. The fourth-order valence-electron chi connectivity index (χ4n) is 3.76. The van der Waals surface area contributed by atoms with Crippen molar-refractivity contribution in [2.45, 2.75) is 37.8 Å². The topological polar surface area (TPSA) is 50.4 Å². The summed E-state index contributed by atoms with van der Waals surface area (Å²) in [5.74, 6) is 1.38. The number of hydrogen-bond acceptors (Lipinski definition) is 2. The van der Waals surface area contributed by atoms with Gasteiger partial charge in [-0.2, -0.15) is 0 Å². The van der Waals surface area contributed by atoms with Crippen molar-refractivity contribution in [3.63, 3.8) is 0 Å². The van der Waals surface area contributed by atoms with Gasteiger partial charge in [0.05, 0.1) is 19.2 Å². The average Bonchev–Trinajstić information content (AvgIpc) is 3.42. The van der Waals surface area contributed by atoms with Gasteiger partial charge < -0.3 is 15.4 Å². The Bertz CT molecular complexity index is 753. The zero-order chi connectivity index (χ0) is 17.2. The minimum Gasteiger partial charge on any atom is -0.497 e. The number of benzene rings is 2. The molecule has 0 aromatic heterocycles. The number of aryl methyl sites for hydroxylation is 1. The summed E-state index contributed by atoms with van der Waals surface area (Å²) in [4.78, 5) is 12.6. The third-order valence-corrected chi connectivity index (χ3v) is 5.29. The van der Waals surface area contributed by atoms with E-state index in [1.807, 2.05) is 30.3 Å². The number of urea groups is 1. The lowest BCUT2D eigenvalue weighted by atomic mass is 10.0. The molecule has 0 saturated heterocycles. The van der Waals surface area contributed by atoms with Gasteiger partial charge in [0, 0.05) is 0 Å². The molecule has 2 N–H and O–H groups in total.